The van der Waals surface area contributed by atoms with Gasteiger partial charge in [-0.25, -0.2) is 4.39 Å². The third-order valence-electron chi connectivity index (χ3n) is 2.38. The van der Waals surface area contributed by atoms with Crippen molar-refractivity contribution in [3.8, 4) is 5.75 Å². The molecule has 0 fully saturated rings. The lowest BCUT2D eigenvalue weighted by molar-refractivity contribution is -0.123. The van der Waals surface area contributed by atoms with Gasteiger partial charge in [0.25, 0.3) is 5.91 Å². The Bertz CT molecular complexity index is 489. The lowest BCUT2D eigenvalue weighted by atomic mass is 10.1. The zero-order valence-corrected chi connectivity index (χ0v) is 11.0. The van der Waals surface area contributed by atoms with Crippen molar-refractivity contribution in [3.63, 3.8) is 0 Å². The van der Waals surface area contributed by atoms with Crippen LogP contribution in [-0.2, 0) is 4.79 Å². The molecule has 0 saturated heterocycles. The van der Waals surface area contributed by atoms with Crippen LogP contribution in [0.1, 0.15) is 31.1 Å². The standard InChI is InChI=1S/C13H17FN2O3/c1-7(2)15-12(18)8(3)16-13(19)10-5-4-9(14)6-11(10)17/h4-8,17H,1-3H3,(H,15,18)(H,16,19). The maximum atomic E-state index is 12.8. The zero-order valence-electron chi connectivity index (χ0n) is 11.0. The Morgan fingerprint density at radius 2 is 1.84 bits per heavy atom. The molecule has 1 atom stereocenters. The third-order valence-corrected chi connectivity index (χ3v) is 2.38. The first kappa shape index (κ1) is 14.9. The second-order valence-electron chi connectivity index (χ2n) is 4.52. The van der Waals surface area contributed by atoms with E-state index in [1.807, 2.05) is 0 Å². The van der Waals surface area contributed by atoms with E-state index in [2.05, 4.69) is 10.6 Å². The van der Waals surface area contributed by atoms with Gasteiger partial charge in [-0.05, 0) is 32.9 Å². The summed E-state index contributed by atoms with van der Waals surface area (Å²) in [6, 6.07) is 2.28. The van der Waals surface area contributed by atoms with Crippen LogP contribution in [0, 0.1) is 5.82 Å². The monoisotopic (exact) mass is 268 g/mol. The van der Waals surface area contributed by atoms with Gasteiger partial charge in [0.15, 0.2) is 0 Å². The van der Waals surface area contributed by atoms with Crippen molar-refractivity contribution in [3.05, 3.63) is 29.6 Å². The minimum absolute atomic E-state index is 0.0360. The number of phenols is 1. The molecule has 104 valence electrons. The van der Waals surface area contributed by atoms with Gasteiger partial charge in [0.05, 0.1) is 5.56 Å². The van der Waals surface area contributed by atoms with Crippen molar-refractivity contribution in [1.82, 2.24) is 10.6 Å². The van der Waals surface area contributed by atoms with Crippen LogP contribution in [0.25, 0.3) is 0 Å². The third kappa shape index (κ3) is 4.24. The maximum absolute atomic E-state index is 12.8. The number of phenolic OH excluding ortho intramolecular Hbond substituents is 1. The van der Waals surface area contributed by atoms with Gasteiger partial charge in [0.1, 0.15) is 17.6 Å². The molecular formula is C13H17FN2O3. The number of hydrogen-bond donors (Lipinski definition) is 3. The normalized spacial score (nSPS) is 12.1. The SMILES string of the molecule is CC(C)NC(=O)C(C)NC(=O)c1ccc(F)cc1O. The molecule has 0 bridgehead atoms. The van der Waals surface area contributed by atoms with E-state index in [0.29, 0.717) is 0 Å². The number of nitrogens with one attached hydrogen (secondary N) is 2. The highest BCUT2D eigenvalue weighted by molar-refractivity contribution is 5.99. The highest BCUT2D eigenvalue weighted by Gasteiger charge is 2.19. The molecule has 1 unspecified atom stereocenters. The Labute approximate surface area is 110 Å². The Hall–Kier alpha value is -2.11. The Kier molecular flexibility index (Phi) is 4.86. The summed E-state index contributed by atoms with van der Waals surface area (Å²) >= 11 is 0. The van der Waals surface area contributed by atoms with Gasteiger partial charge in [0.2, 0.25) is 5.91 Å². The molecule has 0 saturated carbocycles. The van der Waals surface area contributed by atoms with E-state index in [9.17, 15) is 19.1 Å². The fourth-order valence-electron chi connectivity index (χ4n) is 1.45. The predicted octanol–water partition coefficient (Wildman–Crippen LogP) is 1.17. The minimum Gasteiger partial charge on any atom is -0.507 e. The molecule has 3 N–H and O–H groups in total. The quantitative estimate of drug-likeness (QED) is 0.767. The molecule has 0 aliphatic carbocycles. The van der Waals surface area contributed by atoms with Gasteiger partial charge in [-0.1, -0.05) is 0 Å². The van der Waals surface area contributed by atoms with Crippen molar-refractivity contribution in [2.45, 2.75) is 32.9 Å². The lowest BCUT2D eigenvalue weighted by Gasteiger charge is -2.16. The summed E-state index contributed by atoms with van der Waals surface area (Å²) in [5.41, 5.74) is -0.0782. The highest BCUT2D eigenvalue weighted by atomic mass is 19.1. The molecule has 6 heteroatoms. The van der Waals surface area contributed by atoms with Crippen molar-refractivity contribution in [2.75, 3.05) is 0 Å². The number of benzene rings is 1. The molecule has 1 aromatic carbocycles. The lowest BCUT2D eigenvalue weighted by Crippen LogP contribution is -2.46. The number of amides is 2. The maximum Gasteiger partial charge on any atom is 0.255 e. The number of aromatic hydroxyl groups is 1. The summed E-state index contributed by atoms with van der Waals surface area (Å²) in [5.74, 6) is -2.07. The van der Waals surface area contributed by atoms with Crippen LogP contribution in [0.3, 0.4) is 0 Å². The van der Waals surface area contributed by atoms with E-state index < -0.39 is 23.5 Å². The number of carbonyl (C=O) groups is 2. The molecule has 19 heavy (non-hydrogen) atoms. The van der Waals surface area contributed by atoms with E-state index in [4.69, 9.17) is 0 Å². The first-order valence-corrected chi connectivity index (χ1v) is 5.91. The van der Waals surface area contributed by atoms with Gasteiger partial charge in [0, 0.05) is 12.1 Å². The highest BCUT2D eigenvalue weighted by Crippen LogP contribution is 2.17. The van der Waals surface area contributed by atoms with E-state index >= 15 is 0 Å². The van der Waals surface area contributed by atoms with Gasteiger partial charge in [-0.3, -0.25) is 9.59 Å². The number of hydrogen-bond acceptors (Lipinski definition) is 3. The van der Waals surface area contributed by atoms with Crippen LogP contribution in [0.2, 0.25) is 0 Å². The van der Waals surface area contributed by atoms with Crippen molar-refractivity contribution in [1.29, 1.82) is 0 Å². The molecule has 0 heterocycles. The predicted molar refractivity (Wildman–Crippen MR) is 68.3 cm³/mol. The second-order valence-corrected chi connectivity index (χ2v) is 4.52. The van der Waals surface area contributed by atoms with E-state index in [-0.39, 0.29) is 17.5 Å². The summed E-state index contributed by atoms with van der Waals surface area (Å²) in [7, 11) is 0. The average Bonchev–Trinajstić information content (AvgIpc) is 2.27. The molecular weight excluding hydrogens is 251 g/mol. The molecule has 0 spiro atoms. The van der Waals surface area contributed by atoms with E-state index in [0.717, 1.165) is 18.2 Å². The summed E-state index contributed by atoms with van der Waals surface area (Å²) < 4.78 is 12.8. The van der Waals surface area contributed by atoms with Crippen LogP contribution >= 0.6 is 0 Å². The van der Waals surface area contributed by atoms with Gasteiger partial charge < -0.3 is 15.7 Å². The molecule has 1 rings (SSSR count). The molecule has 2 amide bonds. The largest absolute Gasteiger partial charge is 0.507 e. The average molecular weight is 268 g/mol. The van der Waals surface area contributed by atoms with Crippen molar-refractivity contribution in [2.24, 2.45) is 0 Å². The van der Waals surface area contributed by atoms with Crippen LogP contribution in [0.5, 0.6) is 5.75 Å². The van der Waals surface area contributed by atoms with Crippen molar-refractivity contribution < 1.29 is 19.1 Å². The Morgan fingerprint density at radius 3 is 2.37 bits per heavy atom. The number of carbonyl (C=O) groups excluding carboxylic acids is 2. The zero-order chi connectivity index (χ0) is 14.6. The van der Waals surface area contributed by atoms with Crippen molar-refractivity contribution >= 4 is 11.8 Å². The molecule has 1 aromatic rings. The Balaban J connectivity index is 2.71. The molecule has 0 aliphatic rings. The van der Waals surface area contributed by atoms with Gasteiger partial charge in [-0.2, -0.15) is 0 Å². The summed E-state index contributed by atoms with van der Waals surface area (Å²) in [5, 5.41) is 14.5. The van der Waals surface area contributed by atoms with Crippen LogP contribution in [0.4, 0.5) is 4.39 Å². The van der Waals surface area contributed by atoms with Gasteiger partial charge in [-0.15, -0.1) is 0 Å². The van der Waals surface area contributed by atoms with Gasteiger partial charge >= 0.3 is 0 Å². The fourth-order valence-corrected chi connectivity index (χ4v) is 1.45. The molecule has 0 aliphatic heterocycles. The second kappa shape index (κ2) is 6.17. The van der Waals surface area contributed by atoms with Crippen LogP contribution < -0.4 is 10.6 Å². The molecule has 5 nitrogen and oxygen atoms in total. The minimum atomic E-state index is -0.751. The van der Waals surface area contributed by atoms with Crippen LogP contribution in [0.15, 0.2) is 18.2 Å². The number of halogens is 1. The summed E-state index contributed by atoms with van der Waals surface area (Å²) in [6.45, 7) is 5.13. The molecule has 0 radical (unpaired) electrons. The molecule has 0 aromatic heterocycles. The summed E-state index contributed by atoms with van der Waals surface area (Å²) in [6.07, 6.45) is 0. The van der Waals surface area contributed by atoms with Crippen LogP contribution in [-0.4, -0.2) is 29.0 Å². The Morgan fingerprint density at radius 1 is 1.21 bits per heavy atom. The van der Waals surface area contributed by atoms with E-state index in [1.54, 1.807) is 13.8 Å². The first-order chi connectivity index (χ1) is 8.81. The number of rotatable bonds is 4. The van der Waals surface area contributed by atoms with E-state index in [1.165, 1.54) is 6.92 Å². The fraction of sp³-hybridized carbons (Fsp3) is 0.385. The summed E-state index contributed by atoms with van der Waals surface area (Å²) in [4.78, 5) is 23.4. The first-order valence-electron chi connectivity index (χ1n) is 5.91. The topological polar surface area (TPSA) is 78.4 Å². The smallest absolute Gasteiger partial charge is 0.255 e.